The molecule has 0 atom stereocenters. The van der Waals surface area contributed by atoms with Crippen molar-refractivity contribution in [3.05, 3.63) is 29.8 Å². The van der Waals surface area contributed by atoms with E-state index < -0.39 is 0 Å². The van der Waals surface area contributed by atoms with Gasteiger partial charge in [-0.25, -0.2) is 0 Å². The van der Waals surface area contributed by atoms with Crippen LogP contribution in [0.2, 0.25) is 0 Å². The molecule has 0 amide bonds. The van der Waals surface area contributed by atoms with Crippen LogP contribution >= 0.6 is 0 Å². The molecule has 1 fully saturated rings. The van der Waals surface area contributed by atoms with E-state index >= 15 is 0 Å². The quantitative estimate of drug-likeness (QED) is 0.782. The monoisotopic (exact) mass is 251 g/mol. The molecule has 1 aromatic carbocycles. The maximum atomic E-state index is 5.74. The summed E-state index contributed by atoms with van der Waals surface area (Å²) in [7, 11) is 0. The van der Waals surface area contributed by atoms with Gasteiger partial charge < -0.3 is 19.9 Å². The highest BCUT2D eigenvalue weighted by Gasteiger charge is 2.13. The maximum absolute atomic E-state index is 5.74. The number of benzene rings is 1. The van der Waals surface area contributed by atoms with Crippen LogP contribution in [0, 0.1) is 0 Å². The number of nitrogens with two attached hydrogens (primary N) is 1. The van der Waals surface area contributed by atoms with Crippen LogP contribution in [0.5, 0.6) is 5.75 Å². The van der Waals surface area contributed by atoms with Gasteiger partial charge in [0, 0.05) is 25.3 Å². The lowest BCUT2D eigenvalue weighted by Gasteiger charge is -2.22. The molecule has 0 bridgehead atoms. The summed E-state index contributed by atoms with van der Waals surface area (Å²) in [4.78, 5) is 0. The van der Waals surface area contributed by atoms with E-state index in [2.05, 4.69) is 0 Å². The second-order valence-electron chi connectivity index (χ2n) is 4.34. The second-order valence-corrected chi connectivity index (χ2v) is 4.34. The van der Waals surface area contributed by atoms with Crippen LogP contribution in [0.25, 0.3) is 0 Å². The van der Waals surface area contributed by atoms with Crippen LogP contribution in [-0.4, -0.2) is 32.5 Å². The van der Waals surface area contributed by atoms with Crippen LogP contribution in [-0.2, 0) is 16.0 Å². The smallest absolute Gasteiger partial charge is 0.123 e. The predicted molar refractivity (Wildman–Crippen MR) is 69.6 cm³/mol. The molecule has 0 unspecified atom stereocenters. The van der Waals surface area contributed by atoms with E-state index in [0.717, 1.165) is 37.4 Å². The summed E-state index contributed by atoms with van der Waals surface area (Å²) in [6.07, 6.45) is 2.30. The Hall–Kier alpha value is -1.10. The fourth-order valence-electron chi connectivity index (χ4n) is 2.02. The molecule has 18 heavy (non-hydrogen) atoms. The molecule has 4 nitrogen and oxygen atoms in total. The fourth-order valence-corrected chi connectivity index (χ4v) is 2.02. The molecule has 0 spiro atoms. The lowest BCUT2D eigenvalue weighted by Crippen LogP contribution is -2.25. The maximum Gasteiger partial charge on any atom is 0.123 e. The first-order valence-electron chi connectivity index (χ1n) is 6.50. The van der Waals surface area contributed by atoms with Gasteiger partial charge >= 0.3 is 0 Å². The largest absolute Gasteiger partial charge is 0.491 e. The van der Waals surface area contributed by atoms with Gasteiger partial charge in [-0.1, -0.05) is 18.2 Å². The molecule has 1 aromatic rings. The van der Waals surface area contributed by atoms with E-state index in [1.807, 2.05) is 24.3 Å². The highest BCUT2D eigenvalue weighted by atomic mass is 16.5. The van der Waals surface area contributed by atoms with Crippen molar-refractivity contribution < 1.29 is 14.2 Å². The van der Waals surface area contributed by atoms with E-state index in [9.17, 15) is 0 Å². The Morgan fingerprint density at radius 3 is 2.72 bits per heavy atom. The summed E-state index contributed by atoms with van der Waals surface area (Å²) in [5.41, 5.74) is 6.68. The van der Waals surface area contributed by atoms with Crippen LogP contribution in [0.1, 0.15) is 18.4 Å². The van der Waals surface area contributed by atoms with Crippen LogP contribution < -0.4 is 10.5 Å². The van der Waals surface area contributed by atoms with Crippen LogP contribution in [0.15, 0.2) is 24.3 Å². The second kappa shape index (κ2) is 7.36. The predicted octanol–water partition coefficient (Wildman–Crippen LogP) is 1.72. The summed E-state index contributed by atoms with van der Waals surface area (Å²) < 4.78 is 16.7. The summed E-state index contributed by atoms with van der Waals surface area (Å²) in [6, 6.07) is 7.84. The molecule has 1 aliphatic heterocycles. The minimum absolute atomic E-state index is 0.326. The molecule has 0 saturated carbocycles. The lowest BCUT2D eigenvalue weighted by molar-refractivity contribution is -0.0388. The number of hydrogen-bond donors (Lipinski definition) is 1. The summed E-state index contributed by atoms with van der Waals surface area (Å²) >= 11 is 0. The summed E-state index contributed by atoms with van der Waals surface area (Å²) in [5, 5.41) is 0. The van der Waals surface area contributed by atoms with Gasteiger partial charge in [0.25, 0.3) is 0 Å². The average Bonchev–Trinajstić information content (AvgIpc) is 2.45. The van der Waals surface area contributed by atoms with E-state index in [1.54, 1.807) is 0 Å². The average molecular weight is 251 g/mol. The number of rotatable bonds is 6. The zero-order chi connectivity index (χ0) is 12.6. The lowest BCUT2D eigenvalue weighted by atomic mass is 10.2. The third-order valence-corrected chi connectivity index (χ3v) is 3.06. The molecule has 1 saturated heterocycles. The minimum atomic E-state index is 0.326. The highest BCUT2D eigenvalue weighted by molar-refractivity contribution is 5.32. The Bertz CT molecular complexity index is 351. The third kappa shape index (κ3) is 3.98. The Morgan fingerprint density at radius 2 is 1.94 bits per heavy atom. The molecular weight excluding hydrogens is 230 g/mol. The van der Waals surface area contributed by atoms with E-state index in [4.69, 9.17) is 19.9 Å². The van der Waals surface area contributed by atoms with Gasteiger partial charge in [-0.2, -0.15) is 0 Å². The van der Waals surface area contributed by atoms with Crippen molar-refractivity contribution >= 4 is 0 Å². The first-order valence-corrected chi connectivity index (χ1v) is 6.50. The highest BCUT2D eigenvalue weighted by Crippen LogP contribution is 2.17. The van der Waals surface area contributed by atoms with E-state index in [-0.39, 0.29) is 0 Å². The van der Waals surface area contributed by atoms with Gasteiger partial charge in [0.1, 0.15) is 12.4 Å². The van der Waals surface area contributed by atoms with Crippen molar-refractivity contribution in [1.29, 1.82) is 0 Å². The van der Waals surface area contributed by atoms with Gasteiger partial charge in [0.2, 0.25) is 0 Å². The zero-order valence-corrected chi connectivity index (χ0v) is 10.6. The number of hydrogen-bond acceptors (Lipinski definition) is 4. The standard InChI is InChI=1S/C14H21NO3/c15-11-12-3-1-2-4-14(12)18-10-9-17-13-5-7-16-8-6-13/h1-4,13H,5-11,15H2. The zero-order valence-electron chi connectivity index (χ0n) is 10.6. The van der Waals surface area contributed by atoms with Crippen LogP contribution in [0.4, 0.5) is 0 Å². The Balaban J connectivity index is 1.68. The van der Waals surface area contributed by atoms with Crippen molar-refractivity contribution in [3.8, 4) is 5.75 Å². The molecular formula is C14H21NO3. The Morgan fingerprint density at radius 1 is 1.17 bits per heavy atom. The molecule has 0 radical (unpaired) electrons. The summed E-state index contributed by atoms with van der Waals surface area (Å²) in [6.45, 7) is 3.29. The topological polar surface area (TPSA) is 53.7 Å². The summed E-state index contributed by atoms with van der Waals surface area (Å²) in [5.74, 6) is 0.857. The molecule has 2 N–H and O–H groups in total. The van der Waals surface area contributed by atoms with Crippen molar-refractivity contribution in [2.45, 2.75) is 25.5 Å². The fraction of sp³-hybridized carbons (Fsp3) is 0.571. The molecule has 100 valence electrons. The minimum Gasteiger partial charge on any atom is -0.491 e. The first-order chi connectivity index (χ1) is 8.90. The third-order valence-electron chi connectivity index (χ3n) is 3.06. The SMILES string of the molecule is NCc1ccccc1OCCOC1CCOCC1. The van der Waals surface area contributed by atoms with Gasteiger partial charge in [0.15, 0.2) is 0 Å². The van der Waals surface area contributed by atoms with E-state index in [1.165, 1.54) is 0 Å². The van der Waals surface area contributed by atoms with Crippen LogP contribution in [0.3, 0.4) is 0 Å². The van der Waals surface area contributed by atoms with Gasteiger partial charge in [0.05, 0.1) is 12.7 Å². The van der Waals surface area contributed by atoms with Crippen molar-refractivity contribution in [2.75, 3.05) is 26.4 Å². The van der Waals surface area contributed by atoms with Crippen molar-refractivity contribution in [3.63, 3.8) is 0 Å². The Labute approximate surface area is 108 Å². The normalized spacial score (nSPS) is 16.7. The molecule has 1 heterocycles. The van der Waals surface area contributed by atoms with Crippen molar-refractivity contribution in [2.24, 2.45) is 5.73 Å². The van der Waals surface area contributed by atoms with Gasteiger partial charge in [-0.15, -0.1) is 0 Å². The first kappa shape index (κ1) is 13.3. The van der Waals surface area contributed by atoms with Gasteiger partial charge in [-0.3, -0.25) is 0 Å². The molecule has 1 aliphatic rings. The molecule has 0 aromatic heterocycles. The van der Waals surface area contributed by atoms with E-state index in [0.29, 0.717) is 25.9 Å². The number of para-hydroxylation sites is 1. The molecule has 0 aliphatic carbocycles. The molecule has 4 heteroatoms. The number of ether oxygens (including phenoxy) is 3. The molecule has 2 rings (SSSR count). The van der Waals surface area contributed by atoms with Gasteiger partial charge in [-0.05, 0) is 18.9 Å². The van der Waals surface area contributed by atoms with Crippen molar-refractivity contribution in [1.82, 2.24) is 0 Å². The Kier molecular flexibility index (Phi) is 5.45.